The van der Waals surface area contributed by atoms with Gasteiger partial charge in [-0.1, -0.05) is 60.7 Å². The van der Waals surface area contributed by atoms with E-state index in [-0.39, 0.29) is 11.1 Å². The van der Waals surface area contributed by atoms with Gasteiger partial charge >= 0.3 is 0 Å². The van der Waals surface area contributed by atoms with Crippen molar-refractivity contribution >= 4 is 22.9 Å². The van der Waals surface area contributed by atoms with Gasteiger partial charge in [0.2, 0.25) is 11.9 Å². The van der Waals surface area contributed by atoms with Crippen LogP contribution in [0.1, 0.15) is 82.8 Å². The molecule has 3 heterocycles. The largest absolute Gasteiger partial charge is 0.302 e. The maximum atomic E-state index is 5.42. The smallest absolute Gasteiger partial charge is 0.237 e. The van der Waals surface area contributed by atoms with E-state index < -0.39 is 0 Å². The molecule has 10 rings (SSSR count). The minimum atomic E-state index is -0.350. The number of hydrogen-bond acceptors (Lipinski definition) is 5. The van der Waals surface area contributed by atoms with Crippen LogP contribution < -0.4 is 4.90 Å². The maximum Gasteiger partial charge on any atom is 0.237 e. The van der Waals surface area contributed by atoms with Crippen LogP contribution in [0.3, 0.4) is 0 Å². The van der Waals surface area contributed by atoms with Crippen LogP contribution in [0.15, 0.2) is 72.8 Å². The van der Waals surface area contributed by atoms with Crippen LogP contribution in [0.2, 0.25) is 0 Å². The fourth-order valence-electron chi connectivity index (χ4n) is 8.94. The average molecular weight is 567 g/mol. The van der Waals surface area contributed by atoms with Crippen LogP contribution in [0.4, 0.5) is 11.9 Å². The molecule has 4 bridgehead atoms. The van der Waals surface area contributed by atoms with E-state index in [9.17, 15) is 0 Å². The van der Waals surface area contributed by atoms with Crippen LogP contribution >= 0.6 is 0 Å². The van der Waals surface area contributed by atoms with Gasteiger partial charge in [0.1, 0.15) is 0 Å². The first-order chi connectivity index (χ1) is 20.8. The summed E-state index contributed by atoms with van der Waals surface area (Å²) in [6.07, 6.45) is 6.90. The number of nitrogens with zero attached hydrogens (tertiary/aromatic N) is 6. The lowest BCUT2D eigenvalue weighted by Crippen LogP contribution is -2.51. The summed E-state index contributed by atoms with van der Waals surface area (Å²) < 4.78 is 2.48. The molecular formula is C37H38N6. The molecule has 3 aromatic carbocycles. The highest BCUT2D eigenvalue weighted by molar-refractivity contribution is 5.85. The van der Waals surface area contributed by atoms with Gasteiger partial charge in [0.15, 0.2) is 11.6 Å². The lowest BCUT2D eigenvalue weighted by molar-refractivity contribution is 0.166. The lowest BCUT2D eigenvalue weighted by atomic mass is 9.67. The summed E-state index contributed by atoms with van der Waals surface area (Å²) in [6.45, 7) is 9.28. The van der Waals surface area contributed by atoms with Crippen molar-refractivity contribution in [2.45, 2.75) is 82.7 Å². The molecule has 1 aliphatic heterocycles. The molecule has 2 saturated carbocycles. The predicted octanol–water partition coefficient (Wildman–Crippen LogP) is 8.61. The first kappa shape index (κ1) is 25.4. The molecule has 0 spiro atoms. The third-order valence-electron chi connectivity index (χ3n) is 11.6. The molecule has 0 saturated heterocycles. The van der Waals surface area contributed by atoms with Gasteiger partial charge in [0.25, 0.3) is 0 Å². The Balaban J connectivity index is 1.26. The summed E-state index contributed by atoms with van der Waals surface area (Å²) in [4.78, 5) is 22.9. The zero-order valence-electron chi connectivity index (χ0n) is 25.5. The van der Waals surface area contributed by atoms with E-state index in [2.05, 4.69) is 73.6 Å². The van der Waals surface area contributed by atoms with Crippen molar-refractivity contribution in [1.29, 1.82) is 0 Å². The second kappa shape index (κ2) is 8.75. The number of imidazole rings is 1. The Morgan fingerprint density at radius 1 is 0.605 bits per heavy atom. The van der Waals surface area contributed by atoms with E-state index in [4.69, 9.17) is 19.9 Å². The second-order valence-electron chi connectivity index (χ2n) is 14.5. The number of aromatic nitrogens is 5. The minimum absolute atomic E-state index is 0.264. The summed E-state index contributed by atoms with van der Waals surface area (Å²) in [5.74, 6) is 6.10. The van der Waals surface area contributed by atoms with Crippen molar-refractivity contribution in [3.63, 3.8) is 0 Å². The van der Waals surface area contributed by atoms with Gasteiger partial charge in [-0.2, -0.15) is 9.97 Å². The summed E-state index contributed by atoms with van der Waals surface area (Å²) >= 11 is 0. The number of fused-ring (bicyclic) bond motifs is 3. The van der Waals surface area contributed by atoms with Gasteiger partial charge in [0, 0.05) is 11.1 Å². The minimum Gasteiger partial charge on any atom is -0.302 e. The van der Waals surface area contributed by atoms with E-state index in [1.54, 1.807) is 11.1 Å². The molecule has 0 amide bonds. The van der Waals surface area contributed by atoms with Crippen molar-refractivity contribution < 1.29 is 0 Å². The molecule has 5 aromatic rings. The van der Waals surface area contributed by atoms with Gasteiger partial charge < -0.3 is 4.57 Å². The summed E-state index contributed by atoms with van der Waals surface area (Å²) in [7, 11) is 0. The fraction of sp³-hybridized carbons (Fsp3) is 0.405. The zero-order chi connectivity index (χ0) is 29.1. The Morgan fingerprint density at radius 2 is 1.14 bits per heavy atom. The summed E-state index contributed by atoms with van der Waals surface area (Å²) in [5.41, 5.74) is 6.87. The van der Waals surface area contributed by atoms with E-state index in [1.165, 1.54) is 37.6 Å². The monoisotopic (exact) mass is 566 g/mol. The number of anilines is 2. The van der Waals surface area contributed by atoms with Crippen molar-refractivity contribution in [2.75, 3.05) is 4.90 Å². The molecular weight excluding hydrogens is 528 g/mol. The van der Waals surface area contributed by atoms with Crippen LogP contribution in [-0.4, -0.2) is 30.0 Å². The van der Waals surface area contributed by atoms with Crippen LogP contribution in [0.5, 0.6) is 0 Å². The highest BCUT2D eigenvalue weighted by atomic mass is 15.5. The van der Waals surface area contributed by atoms with Crippen LogP contribution in [0, 0.1) is 11.8 Å². The Labute approximate surface area is 253 Å². The molecule has 4 aliphatic carbocycles. The highest BCUT2D eigenvalue weighted by Crippen LogP contribution is 2.58. The average Bonchev–Trinajstić information content (AvgIpc) is 3.38. The van der Waals surface area contributed by atoms with Crippen molar-refractivity contribution in [3.8, 4) is 22.8 Å². The number of rotatable bonds is 3. The SMILES string of the molecule is CC1(C)N(c2nc(-c3ccccc3)nc(-c3ccccc3)n2)c2nc3cc4c(cc3n2C1(C)C)C1CC2CC(CC4C2)C1. The third-order valence-corrected chi connectivity index (χ3v) is 11.6. The second-order valence-corrected chi connectivity index (χ2v) is 14.5. The van der Waals surface area contributed by atoms with Crippen molar-refractivity contribution in [3.05, 3.63) is 83.9 Å². The molecule has 43 heavy (non-hydrogen) atoms. The molecule has 2 fully saturated rings. The summed E-state index contributed by atoms with van der Waals surface area (Å²) in [6, 6.07) is 25.4. The molecule has 5 aliphatic rings. The highest BCUT2D eigenvalue weighted by Gasteiger charge is 2.55. The van der Waals surface area contributed by atoms with Gasteiger partial charge in [-0.3, -0.25) is 4.90 Å². The van der Waals surface area contributed by atoms with Crippen LogP contribution in [-0.2, 0) is 5.54 Å². The Kier molecular flexibility index (Phi) is 5.17. The molecule has 6 heteroatoms. The van der Waals surface area contributed by atoms with Crippen LogP contribution in [0.25, 0.3) is 33.8 Å². The zero-order valence-corrected chi connectivity index (χ0v) is 25.5. The van der Waals surface area contributed by atoms with Gasteiger partial charge in [-0.15, -0.1) is 0 Å². The quantitative estimate of drug-likeness (QED) is 0.219. The Morgan fingerprint density at radius 3 is 1.70 bits per heavy atom. The Bertz CT molecular complexity index is 1820. The Hall–Kier alpha value is -4.06. The first-order valence-electron chi connectivity index (χ1n) is 16.0. The molecule has 0 radical (unpaired) electrons. The maximum absolute atomic E-state index is 5.42. The standard InChI is InChI=1S/C37H38N6/c1-36(2)37(3,4)43(34-40-32(24-11-7-5-8-12-24)39-33(41-34)25-13-9-6-10-14-25)35-38-30-20-28-26-16-22-15-23(17-26)19-27(18-22)29(28)21-31(30)42(35)36/h5-14,20-23,26-27H,15-19H2,1-4H3. The van der Waals surface area contributed by atoms with Gasteiger partial charge in [0.05, 0.1) is 22.1 Å². The molecule has 2 unspecified atom stereocenters. The van der Waals surface area contributed by atoms with E-state index in [0.29, 0.717) is 29.4 Å². The van der Waals surface area contributed by atoms with Crippen molar-refractivity contribution in [2.24, 2.45) is 11.8 Å². The topological polar surface area (TPSA) is 59.7 Å². The lowest BCUT2D eigenvalue weighted by Gasteiger charge is -2.40. The van der Waals surface area contributed by atoms with E-state index in [1.807, 2.05) is 36.4 Å². The molecule has 0 N–H and O–H groups in total. The molecule has 216 valence electrons. The fourth-order valence-corrected chi connectivity index (χ4v) is 8.94. The summed E-state index contributed by atoms with van der Waals surface area (Å²) in [5, 5.41) is 0. The third kappa shape index (κ3) is 3.58. The first-order valence-corrected chi connectivity index (χ1v) is 16.0. The number of hydrogen-bond donors (Lipinski definition) is 0. The predicted molar refractivity (Wildman–Crippen MR) is 172 cm³/mol. The van der Waals surface area contributed by atoms with Gasteiger partial charge in [-0.25, -0.2) is 9.97 Å². The van der Waals surface area contributed by atoms with Gasteiger partial charge in [-0.05, 0) is 107 Å². The normalized spacial score (nSPS) is 26.0. The van der Waals surface area contributed by atoms with E-state index >= 15 is 0 Å². The molecule has 2 aromatic heterocycles. The number of benzene rings is 3. The van der Waals surface area contributed by atoms with E-state index in [0.717, 1.165) is 34.4 Å². The van der Waals surface area contributed by atoms with Crippen molar-refractivity contribution in [1.82, 2.24) is 24.5 Å². The molecule has 2 atom stereocenters. The molecule has 6 nitrogen and oxygen atoms in total.